The molecular formula is C20H25NO4. The van der Waals surface area contributed by atoms with Crippen molar-refractivity contribution in [1.82, 2.24) is 5.32 Å². The minimum absolute atomic E-state index is 0.399. The van der Waals surface area contributed by atoms with Crippen LogP contribution in [0.25, 0.3) is 0 Å². The van der Waals surface area contributed by atoms with Gasteiger partial charge in [0, 0.05) is 6.54 Å². The van der Waals surface area contributed by atoms with Crippen molar-refractivity contribution in [1.29, 1.82) is 0 Å². The molecular weight excluding hydrogens is 318 g/mol. The van der Waals surface area contributed by atoms with Crippen LogP contribution in [0.2, 0.25) is 0 Å². The van der Waals surface area contributed by atoms with Gasteiger partial charge in [0.2, 0.25) is 0 Å². The van der Waals surface area contributed by atoms with Crippen LogP contribution in [0, 0.1) is 0 Å². The Kier molecular flexibility index (Phi) is 6.28. The van der Waals surface area contributed by atoms with Gasteiger partial charge in [-0.2, -0.15) is 0 Å². The molecule has 2 aromatic carbocycles. The zero-order valence-electron chi connectivity index (χ0n) is 15.2. The monoisotopic (exact) mass is 343 g/mol. The van der Waals surface area contributed by atoms with Crippen molar-refractivity contribution in [3.05, 3.63) is 54.1 Å². The van der Waals surface area contributed by atoms with Gasteiger partial charge in [-0.3, -0.25) is 0 Å². The predicted octanol–water partition coefficient (Wildman–Crippen LogP) is 4.55. The van der Waals surface area contributed by atoms with E-state index in [0.717, 1.165) is 11.3 Å². The molecule has 1 amide bonds. The number of carbonyl (C=O) groups is 1. The van der Waals surface area contributed by atoms with E-state index in [1.165, 1.54) is 0 Å². The lowest BCUT2D eigenvalue weighted by atomic mass is 10.1. The molecule has 134 valence electrons. The van der Waals surface area contributed by atoms with E-state index in [1.54, 1.807) is 7.11 Å². The molecule has 0 aliphatic carbocycles. The summed E-state index contributed by atoms with van der Waals surface area (Å²) in [5.41, 5.74) is 0.616. The molecule has 25 heavy (non-hydrogen) atoms. The van der Waals surface area contributed by atoms with Crippen molar-refractivity contribution in [2.45, 2.75) is 32.8 Å². The Balaban J connectivity index is 1.85. The zero-order chi connectivity index (χ0) is 18.3. The third-order valence-corrected chi connectivity index (χ3v) is 3.30. The molecule has 0 aromatic heterocycles. The molecule has 0 radical (unpaired) electrons. The van der Waals surface area contributed by atoms with E-state index in [-0.39, 0.29) is 0 Å². The molecule has 2 rings (SSSR count). The van der Waals surface area contributed by atoms with Crippen LogP contribution in [0.3, 0.4) is 0 Å². The van der Waals surface area contributed by atoms with Crippen LogP contribution in [0.1, 0.15) is 26.3 Å². The summed E-state index contributed by atoms with van der Waals surface area (Å²) in [6.45, 7) is 6.04. The fourth-order valence-corrected chi connectivity index (χ4v) is 2.18. The summed E-state index contributed by atoms with van der Waals surface area (Å²) in [6.07, 6.45) is 0.317. The lowest BCUT2D eigenvalue weighted by Gasteiger charge is -2.19. The number of para-hydroxylation sites is 2. The highest BCUT2D eigenvalue weighted by Gasteiger charge is 2.15. The van der Waals surface area contributed by atoms with Gasteiger partial charge in [-0.15, -0.1) is 0 Å². The molecule has 0 spiro atoms. The minimum Gasteiger partial charge on any atom is -0.493 e. The number of carbonyl (C=O) groups excluding carboxylic acids is 1. The van der Waals surface area contributed by atoms with Crippen molar-refractivity contribution in [2.75, 3.05) is 13.7 Å². The molecule has 0 atom stereocenters. The third kappa shape index (κ3) is 6.37. The first-order valence-electron chi connectivity index (χ1n) is 8.24. The summed E-state index contributed by atoms with van der Waals surface area (Å²) in [4.78, 5) is 11.6. The largest absolute Gasteiger partial charge is 0.493 e. The first kappa shape index (κ1) is 18.6. The number of rotatable bonds is 6. The van der Waals surface area contributed by atoms with Gasteiger partial charge < -0.3 is 19.5 Å². The third-order valence-electron chi connectivity index (χ3n) is 3.30. The fourth-order valence-electron chi connectivity index (χ4n) is 2.18. The molecule has 5 heteroatoms. The van der Waals surface area contributed by atoms with Crippen LogP contribution in [0.5, 0.6) is 17.2 Å². The average Bonchev–Trinajstić information content (AvgIpc) is 2.55. The summed E-state index contributed by atoms with van der Waals surface area (Å²) in [7, 11) is 1.61. The first-order chi connectivity index (χ1) is 11.9. The van der Waals surface area contributed by atoms with Gasteiger partial charge in [-0.25, -0.2) is 4.79 Å². The molecule has 0 saturated carbocycles. The van der Waals surface area contributed by atoms with Crippen molar-refractivity contribution in [3.8, 4) is 17.2 Å². The van der Waals surface area contributed by atoms with Gasteiger partial charge in [0.05, 0.1) is 7.11 Å². The average molecular weight is 343 g/mol. The number of hydrogen-bond donors (Lipinski definition) is 1. The molecule has 0 fully saturated rings. The standard InChI is InChI=1S/C20H25NO4/c1-20(2,3)25-19(22)21-14-13-15-9-11-16(12-10-15)24-18-8-6-5-7-17(18)23-4/h5-12H,13-14H2,1-4H3,(H,21,22). The van der Waals surface area contributed by atoms with E-state index < -0.39 is 11.7 Å². The van der Waals surface area contributed by atoms with E-state index in [1.807, 2.05) is 69.3 Å². The van der Waals surface area contributed by atoms with Crippen LogP contribution in [-0.2, 0) is 11.2 Å². The van der Waals surface area contributed by atoms with Crippen molar-refractivity contribution >= 4 is 6.09 Å². The van der Waals surface area contributed by atoms with Crippen LogP contribution in [0.15, 0.2) is 48.5 Å². The second-order valence-electron chi connectivity index (χ2n) is 6.58. The smallest absolute Gasteiger partial charge is 0.407 e. The molecule has 0 bridgehead atoms. The Bertz CT molecular complexity index is 690. The quantitative estimate of drug-likeness (QED) is 0.836. The molecule has 0 heterocycles. The summed E-state index contributed by atoms with van der Waals surface area (Å²) in [5, 5.41) is 2.75. The van der Waals surface area contributed by atoms with Gasteiger partial charge in [-0.1, -0.05) is 24.3 Å². The van der Waals surface area contributed by atoms with Crippen molar-refractivity contribution in [3.63, 3.8) is 0 Å². The predicted molar refractivity (Wildman–Crippen MR) is 97.5 cm³/mol. The maximum absolute atomic E-state index is 11.6. The number of benzene rings is 2. The zero-order valence-corrected chi connectivity index (χ0v) is 15.2. The molecule has 1 N–H and O–H groups in total. The summed E-state index contributed by atoms with van der Waals surface area (Å²) < 4.78 is 16.3. The molecule has 0 aliphatic rings. The van der Waals surface area contributed by atoms with Gasteiger partial charge in [0.15, 0.2) is 11.5 Å². The van der Waals surface area contributed by atoms with Crippen molar-refractivity contribution < 1.29 is 19.0 Å². The summed E-state index contributed by atoms with van der Waals surface area (Å²) in [6, 6.07) is 15.2. The second-order valence-corrected chi connectivity index (χ2v) is 6.58. The fraction of sp³-hybridized carbons (Fsp3) is 0.350. The van der Waals surface area contributed by atoms with Gasteiger partial charge in [0.25, 0.3) is 0 Å². The molecule has 0 aliphatic heterocycles. The van der Waals surface area contributed by atoms with Gasteiger partial charge in [0.1, 0.15) is 11.4 Å². The Labute approximate surface area is 148 Å². The highest BCUT2D eigenvalue weighted by Crippen LogP contribution is 2.30. The highest BCUT2D eigenvalue weighted by atomic mass is 16.6. The highest BCUT2D eigenvalue weighted by molar-refractivity contribution is 5.67. The van der Waals surface area contributed by atoms with Crippen LogP contribution in [-0.4, -0.2) is 25.3 Å². The Hall–Kier alpha value is -2.69. The topological polar surface area (TPSA) is 56.8 Å². The number of amides is 1. The lowest BCUT2D eigenvalue weighted by Crippen LogP contribution is -2.33. The Morgan fingerprint density at radius 3 is 2.24 bits per heavy atom. The molecule has 0 saturated heterocycles. The Morgan fingerprint density at radius 1 is 1.00 bits per heavy atom. The maximum Gasteiger partial charge on any atom is 0.407 e. The first-order valence-corrected chi connectivity index (χ1v) is 8.24. The molecule has 2 aromatic rings. The number of alkyl carbamates (subject to hydrolysis) is 1. The number of hydrogen-bond acceptors (Lipinski definition) is 4. The van der Waals surface area contributed by atoms with Crippen molar-refractivity contribution in [2.24, 2.45) is 0 Å². The Morgan fingerprint density at radius 2 is 1.64 bits per heavy atom. The molecule has 5 nitrogen and oxygen atoms in total. The van der Waals surface area contributed by atoms with E-state index in [2.05, 4.69) is 5.32 Å². The van der Waals surface area contributed by atoms with Crippen LogP contribution in [0.4, 0.5) is 4.79 Å². The number of nitrogens with one attached hydrogen (secondary N) is 1. The van der Waals surface area contributed by atoms with Crippen LogP contribution < -0.4 is 14.8 Å². The van der Waals surface area contributed by atoms with E-state index in [0.29, 0.717) is 24.5 Å². The van der Waals surface area contributed by atoms with Gasteiger partial charge in [-0.05, 0) is 57.0 Å². The normalized spacial score (nSPS) is 10.9. The van der Waals surface area contributed by atoms with Gasteiger partial charge >= 0.3 is 6.09 Å². The van der Waals surface area contributed by atoms with Crippen LogP contribution >= 0.6 is 0 Å². The second kappa shape index (κ2) is 8.42. The SMILES string of the molecule is COc1ccccc1Oc1ccc(CCNC(=O)OC(C)(C)C)cc1. The number of methoxy groups -OCH3 is 1. The summed E-state index contributed by atoms with van der Waals surface area (Å²) in [5.74, 6) is 2.09. The summed E-state index contributed by atoms with van der Waals surface area (Å²) >= 11 is 0. The van der Waals surface area contributed by atoms with E-state index in [9.17, 15) is 4.79 Å². The lowest BCUT2D eigenvalue weighted by molar-refractivity contribution is 0.0528. The van der Waals surface area contributed by atoms with E-state index >= 15 is 0 Å². The minimum atomic E-state index is -0.485. The number of ether oxygens (including phenoxy) is 3. The molecule has 0 unspecified atom stereocenters. The van der Waals surface area contributed by atoms with E-state index in [4.69, 9.17) is 14.2 Å². The maximum atomic E-state index is 11.6.